The monoisotopic (exact) mass is 314 g/mol. The summed E-state index contributed by atoms with van der Waals surface area (Å²) in [7, 11) is 3.89. The average Bonchev–Trinajstić information content (AvgIpc) is 3.08. The van der Waals surface area contributed by atoms with Gasteiger partial charge in [-0.1, -0.05) is 0 Å². The lowest BCUT2D eigenvalue weighted by atomic mass is 10.3. The topological polar surface area (TPSA) is 57.5 Å². The quantitative estimate of drug-likeness (QED) is 0.831. The zero-order valence-electron chi connectivity index (χ0n) is 13.6. The van der Waals surface area contributed by atoms with Crippen molar-refractivity contribution in [3.8, 4) is 0 Å². The summed E-state index contributed by atoms with van der Waals surface area (Å²) in [6.45, 7) is 3.42. The van der Waals surface area contributed by atoms with Crippen LogP contribution in [0.2, 0.25) is 0 Å². The highest BCUT2D eigenvalue weighted by molar-refractivity contribution is 5.76. The van der Waals surface area contributed by atoms with E-state index in [0.29, 0.717) is 6.54 Å². The van der Waals surface area contributed by atoms with E-state index in [1.54, 1.807) is 0 Å². The number of hydrogen-bond donors (Lipinski definition) is 0. The lowest BCUT2D eigenvalue weighted by molar-refractivity contribution is -0.132. The Labute approximate surface area is 136 Å². The van der Waals surface area contributed by atoms with E-state index < -0.39 is 0 Å². The molecule has 1 fully saturated rings. The predicted molar refractivity (Wildman–Crippen MR) is 89.6 cm³/mol. The number of rotatable bonds is 4. The van der Waals surface area contributed by atoms with Crippen molar-refractivity contribution in [2.45, 2.75) is 6.54 Å². The Morgan fingerprint density at radius 3 is 2.35 bits per heavy atom. The van der Waals surface area contributed by atoms with Gasteiger partial charge in [0.1, 0.15) is 6.54 Å². The number of amides is 1. The van der Waals surface area contributed by atoms with Crippen LogP contribution in [0.5, 0.6) is 0 Å². The third-order valence-electron chi connectivity index (χ3n) is 4.03. The van der Waals surface area contributed by atoms with Crippen molar-refractivity contribution >= 4 is 17.5 Å². The normalized spacial score (nSPS) is 14.9. The van der Waals surface area contributed by atoms with Gasteiger partial charge in [-0.2, -0.15) is 0 Å². The molecule has 0 spiro atoms. The van der Waals surface area contributed by atoms with Crippen LogP contribution in [-0.2, 0) is 11.3 Å². The zero-order valence-corrected chi connectivity index (χ0v) is 13.6. The number of piperazine rings is 1. The smallest absolute Gasteiger partial charge is 0.242 e. The fourth-order valence-electron chi connectivity index (χ4n) is 2.64. The van der Waals surface area contributed by atoms with Gasteiger partial charge >= 0.3 is 0 Å². The molecule has 3 rings (SSSR count). The number of nitrogens with zero attached hydrogens (tertiary/aromatic N) is 6. The average molecular weight is 314 g/mol. The van der Waals surface area contributed by atoms with Gasteiger partial charge in [-0.15, -0.1) is 10.2 Å². The molecule has 1 aliphatic heterocycles. The molecule has 0 atom stereocenters. The van der Waals surface area contributed by atoms with Gasteiger partial charge in [0.2, 0.25) is 5.91 Å². The first-order valence-electron chi connectivity index (χ1n) is 7.78. The van der Waals surface area contributed by atoms with E-state index in [2.05, 4.69) is 15.1 Å². The largest absolute Gasteiger partial charge is 0.361 e. The summed E-state index contributed by atoms with van der Waals surface area (Å²) in [4.78, 5) is 18.3. The molecule has 0 aromatic carbocycles. The lowest BCUT2D eigenvalue weighted by Gasteiger charge is -2.35. The highest BCUT2D eigenvalue weighted by atomic mass is 16.2. The number of carbonyl (C=O) groups excluding carboxylic acids is 1. The Balaban J connectivity index is 1.54. The Bertz CT molecular complexity index is 629. The maximum absolute atomic E-state index is 12.3. The van der Waals surface area contributed by atoms with E-state index in [4.69, 9.17) is 0 Å². The molecule has 23 heavy (non-hydrogen) atoms. The number of carbonyl (C=O) groups is 1. The Morgan fingerprint density at radius 2 is 1.78 bits per heavy atom. The van der Waals surface area contributed by atoms with Crippen LogP contribution in [-0.4, -0.2) is 65.8 Å². The van der Waals surface area contributed by atoms with E-state index >= 15 is 0 Å². The van der Waals surface area contributed by atoms with Crippen LogP contribution in [0.3, 0.4) is 0 Å². The van der Waals surface area contributed by atoms with Gasteiger partial charge in [0.25, 0.3) is 0 Å². The van der Waals surface area contributed by atoms with Crippen molar-refractivity contribution in [2.75, 3.05) is 50.1 Å². The highest BCUT2D eigenvalue weighted by Gasteiger charge is 2.22. The van der Waals surface area contributed by atoms with E-state index in [-0.39, 0.29) is 5.91 Å². The Kier molecular flexibility index (Phi) is 4.45. The van der Waals surface area contributed by atoms with Crippen molar-refractivity contribution in [2.24, 2.45) is 0 Å². The second-order valence-corrected chi connectivity index (χ2v) is 5.87. The summed E-state index contributed by atoms with van der Waals surface area (Å²) in [6, 6.07) is 7.81. The van der Waals surface area contributed by atoms with Gasteiger partial charge in [0, 0.05) is 52.7 Å². The summed E-state index contributed by atoms with van der Waals surface area (Å²) in [5, 5.41) is 8.49. The van der Waals surface area contributed by atoms with Crippen LogP contribution >= 0.6 is 0 Å². The van der Waals surface area contributed by atoms with Gasteiger partial charge in [0.05, 0.1) is 0 Å². The third-order valence-corrected chi connectivity index (χ3v) is 4.03. The molecule has 7 heteroatoms. The van der Waals surface area contributed by atoms with Gasteiger partial charge in [-0.05, 0) is 24.3 Å². The Hall–Kier alpha value is -2.57. The van der Waals surface area contributed by atoms with Crippen LogP contribution < -0.4 is 9.80 Å². The van der Waals surface area contributed by atoms with E-state index in [1.165, 1.54) is 0 Å². The fraction of sp³-hybridized carbons (Fsp3) is 0.438. The summed E-state index contributed by atoms with van der Waals surface area (Å²) in [5.41, 5.74) is 0. The van der Waals surface area contributed by atoms with Crippen LogP contribution in [0, 0.1) is 0 Å². The van der Waals surface area contributed by atoms with Crippen LogP contribution in [0.15, 0.2) is 36.7 Å². The van der Waals surface area contributed by atoms with Crippen LogP contribution in [0.1, 0.15) is 0 Å². The van der Waals surface area contributed by atoms with E-state index in [1.807, 2.05) is 65.1 Å². The molecule has 0 saturated carbocycles. The standard InChI is InChI=1S/C16H22N6O/c1-19(2)14-5-6-15(18-17-14)21-9-11-22(12-10-21)16(23)13-20-7-3-4-8-20/h3-8H,9-13H2,1-2H3. The first-order chi connectivity index (χ1) is 11.1. The minimum atomic E-state index is 0.162. The maximum Gasteiger partial charge on any atom is 0.242 e. The summed E-state index contributed by atoms with van der Waals surface area (Å²) in [5.74, 6) is 1.87. The molecule has 1 saturated heterocycles. The molecule has 0 N–H and O–H groups in total. The van der Waals surface area contributed by atoms with Crippen molar-refractivity contribution in [1.82, 2.24) is 19.7 Å². The van der Waals surface area contributed by atoms with Crippen molar-refractivity contribution < 1.29 is 4.79 Å². The van der Waals surface area contributed by atoms with Crippen molar-refractivity contribution in [3.63, 3.8) is 0 Å². The second-order valence-electron chi connectivity index (χ2n) is 5.87. The highest BCUT2D eigenvalue weighted by Crippen LogP contribution is 2.15. The van der Waals surface area contributed by atoms with Gasteiger partial charge in [-0.3, -0.25) is 4.79 Å². The molecule has 0 radical (unpaired) electrons. The molecule has 2 aromatic heterocycles. The van der Waals surface area contributed by atoms with Gasteiger partial charge in [0.15, 0.2) is 11.6 Å². The second kappa shape index (κ2) is 6.68. The molecular weight excluding hydrogens is 292 g/mol. The van der Waals surface area contributed by atoms with E-state index in [9.17, 15) is 4.79 Å². The number of anilines is 2. The minimum absolute atomic E-state index is 0.162. The number of aromatic nitrogens is 3. The predicted octanol–water partition coefficient (Wildman–Crippen LogP) is 0.693. The molecule has 2 aromatic rings. The van der Waals surface area contributed by atoms with Crippen molar-refractivity contribution in [3.05, 3.63) is 36.7 Å². The van der Waals surface area contributed by atoms with Crippen molar-refractivity contribution in [1.29, 1.82) is 0 Å². The number of hydrogen-bond acceptors (Lipinski definition) is 5. The maximum atomic E-state index is 12.3. The minimum Gasteiger partial charge on any atom is -0.361 e. The summed E-state index contributed by atoms with van der Waals surface area (Å²) in [6.07, 6.45) is 3.83. The van der Waals surface area contributed by atoms with Crippen LogP contribution in [0.25, 0.3) is 0 Å². The molecule has 1 amide bonds. The van der Waals surface area contributed by atoms with Gasteiger partial charge < -0.3 is 19.3 Å². The SMILES string of the molecule is CN(C)c1ccc(N2CCN(C(=O)Cn3cccc3)CC2)nn1. The Morgan fingerprint density at radius 1 is 1.09 bits per heavy atom. The zero-order chi connectivity index (χ0) is 16.2. The molecule has 122 valence electrons. The molecule has 3 heterocycles. The lowest BCUT2D eigenvalue weighted by Crippen LogP contribution is -2.49. The molecule has 0 bridgehead atoms. The third kappa shape index (κ3) is 3.61. The summed E-state index contributed by atoms with van der Waals surface area (Å²) < 4.78 is 1.90. The molecular formula is C16H22N6O. The first-order valence-corrected chi connectivity index (χ1v) is 7.78. The molecule has 0 aliphatic carbocycles. The van der Waals surface area contributed by atoms with E-state index in [0.717, 1.165) is 37.8 Å². The molecule has 1 aliphatic rings. The van der Waals surface area contributed by atoms with Crippen LogP contribution in [0.4, 0.5) is 11.6 Å². The van der Waals surface area contributed by atoms with Gasteiger partial charge in [-0.25, -0.2) is 0 Å². The molecule has 7 nitrogen and oxygen atoms in total. The molecule has 0 unspecified atom stereocenters. The first kappa shape index (κ1) is 15.3. The summed E-state index contributed by atoms with van der Waals surface area (Å²) >= 11 is 0. The fourth-order valence-corrected chi connectivity index (χ4v) is 2.64.